The van der Waals surface area contributed by atoms with Gasteiger partial charge in [-0.2, -0.15) is 0 Å². The number of ether oxygens (including phenoxy) is 2. The first-order valence-electron chi connectivity index (χ1n) is 9.13. The molecule has 3 rings (SSSR count). The van der Waals surface area contributed by atoms with Crippen molar-refractivity contribution in [2.75, 3.05) is 6.61 Å². The Balaban J connectivity index is 1.55. The third kappa shape index (κ3) is 4.24. The Hall–Kier alpha value is -1.81. The molecule has 1 N–H and O–H groups in total. The van der Waals surface area contributed by atoms with Gasteiger partial charge in [0, 0.05) is 0 Å². The summed E-state index contributed by atoms with van der Waals surface area (Å²) in [5, 5.41) is 2.99. The first kappa shape index (κ1) is 18.0. The predicted molar refractivity (Wildman–Crippen MR) is 99.2 cm³/mol. The van der Waals surface area contributed by atoms with Gasteiger partial charge in [-0.1, -0.05) is 37.3 Å². The molecule has 2 aliphatic rings. The molecule has 136 valence electrons. The van der Waals surface area contributed by atoms with Gasteiger partial charge in [-0.05, 0) is 62.6 Å². The third-order valence-electron chi connectivity index (χ3n) is 5.55. The van der Waals surface area contributed by atoms with Gasteiger partial charge in [0.1, 0.15) is 0 Å². The van der Waals surface area contributed by atoms with Gasteiger partial charge >= 0.3 is 6.09 Å². The number of nitrogens with one attached hydrogen (secondary N) is 1. The van der Waals surface area contributed by atoms with Gasteiger partial charge < -0.3 is 14.8 Å². The van der Waals surface area contributed by atoms with Crippen LogP contribution in [-0.2, 0) is 15.0 Å². The lowest BCUT2D eigenvalue weighted by Crippen LogP contribution is -2.42. The van der Waals surface area contributed by atoms with Crippen molar-refractivity contribution in [1.82, 2.24) is 5.32 Å². The van der Waals surface area contributed by atoms with Crippen molar-refractivity contribution in [1.29, 1.82) is 0 Å². The highest BCUT2D eigenvalue weighted by atomic mass is 16.6. The maximum Gasteiger partial charge on any atom is 0.407 e. The second-order valence-corrected chi connectivity index (χ2v) is 8.13. The van der Waals surface area contributed by atoms with Crippen molar-refractivity contribution < 1.29 is 14.3 Å². The lowest BCUT2D eigenvalue weighted by Gasteiger charge is -2.29. The number of alkyl carbamates (subject to hydrolysis) is 1. The first-order valence-corrected chi connectivity index (χ1v) is 9.13. The van der Waals surface area contributed by atoms with Crippen molar-refractivity contribution >= 4 is 11.7 Å². The Morgan fingerprint density at radius 1 is 1.36 bits per heavy atom. The lowest BCUT2D eigenvalue weighted by molar-refractivity contribution is 0.0950. The van der Waals surface area contributed by atoms with Gasteiger partial charge in [-0.25, -0.2) is 4.79 Å². The molecule has 25 heavy (non-hydrogen) atoms. The number of allylic oxidation sites excluding steroid dienone is 1. The Labute approximate surface area is 150 Å². The number of carbonyl (C=O) groups is 1. The fourth-order valence-corrected chi connectivity index (χ4v) is 3.64. The van der Waals surface area contributed by atoms with Crippen LogP contribution in [0.3, 0.4) is 0 Å². The summed E-state index contributed by atoms with van der Waals surface area (Å²) in [6.07, 6.45) is 2.58. The summed E-state index contributed by atoms with van der Waals surface area (Å²) in [4.78, 5) is 12.3. The average molecular weight is 343 g/mol. The molecule has 4 unspecified atom stereocenters. The molecule has 1 aromatic carbocycles. The molecule has 1 amide bonds. The normalized spacial score (nSPS) is 28.0. The summed E-state index contributed by atoms with van der Waals surface area (Å²) in [6.45, 7) is 12.6. The average Bonchev–Trinajstić information content (AvgIpc) is 3.30. The second kappa shape index (κ2) is 6.83. The molecule has 4 nitrogen and oxygen atoms in total. The fraction of sp³-hybridized carbons (Fsp3) is 0.571. The highest BCUT2D eigenvalue weighted by Crippen LogP contribution is 2.42. The minimum absolute atomic E-state index is 0.364. The number of fused-ring (bicyclic) bond motifs is 1. The van der Waals surface area contributed by atoms with Gasteiger partial charge in [0.25, 0.3) is 0 Å². The summed E-state index contributed by atoms with van der Waals surface area (Å²) in [5.74, 6) is 0.932. The summed E-state index contributed by atoms with van der Waals surface area (Å²) < 4.78 is 11.1. The van der Waals surface area contributed by atoms with Crippen molar-refractivity contribution in [3.63, 3.8) is 0 Å². The zero-order valence-electron chi connectivity index (χ0n) is 15.7. The van der Waals surface area contributed by atoms with Gasteiger partial charge in [0.05, 0.1) is 24.4 Å². The van der Waals surface area contributed by atoms with E-state index in [4.69, 9.17) is 9.47 Å². The Morgan fingerprint density at radius 3 is 2.80 bits per heavy atom. The molecule has 4 atom stereocenters. The second-order valence-electron chi connectivity index (χ2n) is 8.13. The van der Waals surface area contributed by atoms with Crippen LogP contribution in [0.15, 0.2) is 30.8 Å². The van der Waals surface area contributed by atoms with E-state index in [1.54, 1.807) is 0 Å². The highest BCUT2D eigenvalue weighted by Gasteiger charge is 2.47. The molecule has 1 saturated carbocycles. The number of rotatable bonds is 5. The Morgan fingerprint density at radius 2 is 2.08 bits per heavy atom. The van der Waals surface area contributed by atoms with Crippen LogP contribution in [0, 0.1) is 11.8 Å². The molecule has 1 aliphatic heterocycles. The minimum atomic E-state index is -0.509. The van der Waals surface area contributed by atoms with Crippen LogP contribution in [-0.4, -0.2) is 24.9 Å². The summed E-state index contributed by atoms with van der Waals surface area (Å²) in [5.41, 5.74) is 2.61. The Bertz CT molecular complexity index is 667. The number of carbonyl (C=O) groups excluding carboxylic acids is 1. The zero-order valence-corrected chi connectivity index (χ0v) is 15.7. The van der Waals surface area contributed by atoms with Crippen LogP contribution in [0.25, 0.3) is 5.57 Å². The van der Waals surface area contributed by atoms with E-state index < -0.39 is 5.54 Å². The van der Waals surface area contributed by atoms with Gasteiger partial charge in [0.2, 0.25) is 0 Å². The van der Waals surface area contributed by atoms with Gasteiger partial charge in [-0.3, -0.25) is 0 Å². The van der Waals surface area contributed by atoms with Crippen LogP contribution in [0.2, 0.25) is 0 Å². The van der Waals surface area contributed by atoms with E-state index in [1.165, 1.54) is 0 Å². The van der Waals surface area contributed by atoms with Crippen molar-refractivity contribution in [2.24, 2.45) is 11.8 Å². The van der Waals surface area contributed by atoms with E-state index >= 15 is 0 Å². The topological polar surface area (TPSA) is 50.9 Å². The quantitative estimate of drug-likeness (QED) is 0.801. The molecule has 0 radical (unpaired) electrons. The Kier molecular flexibility index (Phi) is 4.92. The van der Waals surface area contributed by atoms with E-state index in [0.717, 1.165) is 29.5 Å². The number of hydrogen-bond donors (Lipinski definition) is 1. The SMILES string of the molecule is C=C(C)c1cccc(C(C)(C)NC(=O)OCC2CC3OC3CC2C)c1. The van der Waals surface area contributed by atoms with Gasteiger partial charge in [0.15, 0.2) is 0 Å². The van der Waals surface area contributed by atoms with E-state index in [1.807, 2.05) is 39.0 Å². The van der Waals surface area contributed by atoms with Crippen LogP contribution < -0.4 is 5.32 Å². The number of hydrogen-bond acceptors (Lipinski definition) is 3. The molecular formula is C21H29NO3. The maximum atomic E-state index is 12.3. The smallest absolute Gasteiger partial charge is 0.407 e. The molecule has 0 spiro atoms. The largest absolute Gasteiger partial charge is 0.449 e. The number of benzene rings is 1. The molecule has 1 heterocycles. The summed E-state index contributed by atoms with van der Waals surface area (Å²) in [7, 11) is 0. The predicted octanol–water partition coefficient (Wildman–Crippen LogP) is 4.49. The van der Waals surface area contributed by atoms with Crippen molar-refractivity contribution in [3.8, 4) is 0 Å². The van der Waals surface area contributed by atoms with Crippen LogP contribution >= 0.6 is 0 Å². The van der Waals surface area contributed by atoms with Crippen molar-refractivity contribution in [3.05, 3.63) is 42.0 Å². The highest BCUT2D eigenvalue weighted by molar-refractivity contribution is 5.69. The minimum Gasteiger partial charge on any atom is -0.449 e. The molecular weight excluding hydrogens is 314 g/mol. The van der Waals surface area contributed by atoms with Crippen LogP contribution in [0.4, 0.5) is 4.79 Å². The van der Waals surface area contributed by atoms with E-state index in [2.05, 4.69) is 24.9 Å². The standard InChI is InChI=1S/C21H29NO3/c1-13(2)15-7-6-8-17(10-15)21(4,5)22-20(23)24-12-16-11-19-18(25-19)9-14(16)3/h6-8,10,14,16,18-19H,1,9,11-12H2,2-5H3,(H,22,23). The van der Waals surface area contributed by atoms with E-state index in [9.17, 15) is 4.79 Å². The van der Waals surface area contributed by atoms with E-state index in [-0.39, 0.29) is 6.09 Å². The number of amides is 1. The molecule has 1 aliphatic carbocycles. The molecule has 0 aromatic heterocycles. The van der Waals surface area contributed by atoms with Crippen LogP contribution in [0.1, 0.15) is 51.7 Å². The lowest BCUT2D eigenvalue weighted by atomic mass is 9.81. The van der Waals surface area contributed by atoms with Gasteiger partial charge in [-0.15, -0.1) is 0 Å². The van der Waals surface area contributed by atoms with Crippen molar-refractivity contribution in [2.45, 2.75) is 58.3 Å². The summed E-state index contributed by atoms with van der Waals surface area (Å²) >= 11 is 0. The molecule has 1 aromatic rings. The first-order chi connectivity index (χ1) is 11.8. The zero-order chi connectivity index (χ0) is 18.2. The molecule has 4 heteroatoms. The fourth-order valence-electron chi connectivity index (χ4n) is 3.64. The van der Waals surface area contributed by atoms with Crippen LogP contribution in [0.5, 0.6) is 0 Å². The monoisotopic (exact) mass is 343 g/mol. The summed E-state index contributed by atoms with van der Waals surface area (Å²) in [6, 6.07) is 8.10. The van der Waals surface area contributed by atoms with E-state index in [0.29, 0.717) is 30.7 Å². The molecule has 2 fully saturated rings. The molecule has 1 saturated heterocycles. The third-order valence-corrected chi connectivity index (χ3v) is 5.55. The number of epoxide rings is 1. The maximum absolute atomic E-state index is 12.3. The molecule has 0 bridgehead atoms.